The third-order valence-corrected chi connectivity index (χ3v) is 4.92. The van der Waals surface area contributed by atoms with Crippen molar-refractivity contribution in [3.8, 4) is 0 Å². The Hall–Kier alpha value is -0.643. The minimum Gasteiger partial charge on any atom is -0.393 e. The number of rotatable bonds is 9. The van der Waals surface area contributed by atoms with Gasteiger partial charge in [0, 0.05) is 13.2 Å². The van der Waals surface area contributed by atoms with E-state index in [-0.39, 0.29) is 0 Å². The average molecular weight is 266 g/mol. The van der Waals surface area contributed by atoms with Crippen molar-refractivity contribution in [1.29, 1.82) is 0 Å². The summed E-state index contributed by atoms with van der Waals surface area (Å²) in [5, 5.41) is 1.33. The second kappa shape index (κ2) is 9.31. The Morgan fingerprint density at radius 1 is 0.889 bits per heavy atom. The van der Waals surface area contributed by atoms with E-state index in [9.17, 15) is 0 Å². The predicted molar refractivity (Wildman–Crippen MR) is 79.7 cm³/mol. The van der Waals surface area contributed by atoms with Crippen LogP contribution in [0.25, 0.3) is 0 Å². The topological polar surface area (TPSA) is 18.5 Å². The minimum absolute atomic E-state index is 0.807. The normalized spacial score (nSPS) is 11.1. The SMILES string of the molecule is CCCO[SiH](OCCC)c1ccccc1CCC. The van der Waals surface area contributed by atoms with Crippen LogP contribution in [-0.4, -0.2) is 22.5 Å². The fourth-order valence-electron chi connectivity index (χ4n) is 1.94. The molecule has 3 heteroatoms. The number of benzene rings is 1. The quantitative estimate of drug-likeness (QED) is 0.640. The van der Waals surface area contributed by atoms with Crippen molar-refractivity contribution in [1.82, 2.24) is 0 Å². The van der Waals surface area contributed by atoms with Crippen LogP contribution in [0.5, 0.6) is 0 Å². The molecule has 1 aromatic carbocycles. The standard InChI is InChI=1S/C15H26O2Si/c1-4-9-14-10-7-8-11-15(14)18(16-12-5-2)17-13-6-3/h7-8,10-11,18H,4-6,9,12-13H2,1-3H3. The first-order valence-electron chi connectivity index (χ1n) is 7.14. The molecule has 2 nitrogen and oxygen atoms in total. The summed E-state index contributed by atoms with van der Waals surface area (Å²) in [5.74, 6) is 0. The Balaban J connectivity index is 2.81. The van der Waals surface area contributed by atoms with Crippen LogP contribution in [0.15, 0.2) is 24.3 Å². The van der Waals surface area contributed by atoms with E-state index in [0.29, 0.717) is 0 Å². The summed E-state index contributed by atoms with van der Waals surface area (Å²) in [4.78, 5) is 0. The van der Waals surface area contributed by atoms with Crippen LogP contribution in [0.2, 0.25) is 0 Å². The van der Waals surface area contributed by atoms with Gasteiger partial charge in [0.1, 0.15) is 0 Å². The van der Waals surface area contributed by atoms with E-state index < -0.39 is 9.28 Å². The molecule has 1 rings (SSSR count). The van der Waals surface area contributed by atoms with Gasteiger partial charge in [0.2, 0.25) is 0 Å². The van der Waals surface area contributed by atoms with Crippen LogP contribution in [-0.2, 0) is 15.3 Å². The van der Waals surface area contributed by atoms with E-state index in [1.807, 2.05) is 0 Å². The molecule has 0 atom stereocenters. The van der Waals surface area contributed by atoms with E-state index >= 15 is 0 Å². The fourth-order valence-corrected chi connectivity index (χ4v) is 4.11. The molecule has 1 aromatic rings. The van der Waals surface area contributed by atoms with E-state index in [0.717, 1.165) is 32.5 Å². The van der Waals surface area contributed by atoms with Gasteiger partial charge in [-0.25, -0.2) is 0 Å². The molecular formula is C15H26O2Si. The predicted octanol–water partition coefficient (Wildman–Crippen LogP) is 2.92. The Morgan fingerprint density at radius 2 is 1.50 bits per heavy atom. The molecule has 0 unspecified atom stereocenters. The van der Waals surface area contributed by atoms with E-state index in [4.69, 9.17) is 8.85 Å². The first-order chi connectivity index (χ1) is 8.83. The van der Waals surface area contributed by atoms with Gasteiger partial charge in [-0.15, -0.1) is 0 Å². The van der Waals surface area contributed by atoms with Gasteiger partial charge in [0.15, 0.2) is 0 Å². The lowest BCUT2D eigenvalue weighted by molar-refractivity contribution is 0.207. The summed E-state index contributed by atoms with van der Waals surface area (Å²) < 4.78 is 12.0. The Bertz CT molecular complexity index is 320. The Kier molecular flexibility index (Phi) is 7.97. The largest absolute Gasteiger partial charge is 0.393 e. The van der Waals surface area contributed by atoms with Crippen molar-refractivity contribution in [2.24, 2.45) is 0 Å². The van der Waals surface area contributed by atoms with Crippen molar-refractivity contribution in [3.63, 3.8) is 0 Å². The van der Waals surface area contributed by atoms with Crippen LogP contribution >= 0.6 is 0 Å². The first kappa shape index (κ1) is 15.4. The molecule has 0 heterocycles. The molecule has 0 saturated carbocycles. The fraction of sp³-hybridized carbons (Fsp3) is 0.600. The minimum atomic E-state index is -1.70. The van der Waals surface area contributed by atoms with Crippen molar-refractivity contribution < 1.29 is 8.85 Å². The molecule has 0 aliphatic carbocycles. The monoisotopic (exact) mass is 266 g/mol. The van der Waals surface area contributed by atoms with Gasteiger partial charge in [0.25, 0.3) is 0 Å². The van der Waals surface area contributed by atoms with Crippen LogP contribution in [0.1, 0.15) is 45.6 Å². The average Bonchev–Trinajstić information content (AvgIpc) is 2.40. The molecule has 0 N–H and O–H groups in total. The highest BCUT2D eigenvalue weighted by Gasteiger charge is 2.19. The first-order valence-corrected chi connectivity index (χ1v) is 8.66. The molecule has 0 bridgehead atoms. The van der Waals surface area contributed by atoms with E-state index in [1.54, 1.807) is 0 Å². The smallest absolute Gasteiger partial charge is 0.356 e. The van der Waals surface area contributed by atoms with Crippen LogP contribution < -0.4 is 5.19 Å². The lowest BCUT2D eigenvalue weighted by Crippen LogP contribution is -2.39. The van der Waals surface area contributed by atoms with Gasteiger partial charge in [-0.2, -0.15) is 0 Å². The van der Waals surface area contributed by atoms with Crippen molar-refractivity contribution >= 4 is 14.5 Å². The summed E-state index contributed by atoms with van der Waals surface area (Å²) in [6.45, 7) is 8.11. The van der Waals surface area contributed by atoms with Crippen molar-refractivity contribution in [2.45, 2.75) is 46.5 Å². The van der Waals surface area contributed by atoms with Gasteiger partial charge < -0.3 is 8.85 Å². The Labute approximate surface area is 113 Å². The van der Waals surface area contributed by atoms with Gasteiger partial charge >= 0.3 is 9.28 Å². The number of hydrogen-bond acceptors (Lipinski definition) is 2. The van der Waals surface area contributed by atoms with Crippen molar-refractivity contribution in [2.75, 3.05) is 13.2 Å². The molecule has 0 amide bonds. The highest BCUT2D eigenvalue weighted by atomic mass is 28.3. The molecular weight excluding hydrogens is 240 g/mol. The molecule has 0 aliphatic heterocycles. The third-order valence-electron chi connectivity index (χ3n) is 2.78. The second-order valence-electron chi connectivity index (χ2n) is 4.52. The lowest BCUT2D eigenvalue weighted by Gasteiger charge is -2.19. The molecule has 0 radical (unpaired) electrons. The number of hydrogen-bond donors (Lipinski definition) is 0. The van der Waals surface area contributed by atoms with Crippen LogP contribution in [0, 0.1) is 0 Å². The molecule has 18 heavy (non-hydrogen) atoms. The zero-order valence-electron chi connectivity index (χ0n) is 11.9. The zero-order chi connectivity index (χ0) is 13.2. The molecule has 0 spiro atoms. The van der Waals surface area contributed by atoms with Gasteiger partial charge in [-0.1, -0.05) is 51.5 Å². The zero-order valence-corrected chi connectivity index (χ0v) is 13.1. The summed E-state index contributed by atoms with van der Waals surface area (Å²) in [6.07, 6.45) is 4.38. The van der Waals surface area contributed by atoms with Gasteiger partial charge in [-0.05, 0) is 30.0 Å². The highest BCUT2D eigenvalue weighted by Crippen LogP contribution is 2.05. The van der Waals surface area contributed by atoms with E-state index in [1.165, 1.54) is 17.2 Å². The molecule has 102 valence electrons. The summed E-state index contributed by atoms with van der Waals surface area (Å²) >= 11 is 0. The summed E-state index contributed by atoms with van der Waals surface area (Å²) in [7, 11) is -1.70. The highest BCUT2D eigenvalue weighted by molar-refractivity contribution is 6.61. The lowest BCUT2D eigenvalue weighted by atomic mass is 10.1. The van der Waals surface area contributed by atoms with Crippen LogP contribution in [0.3, 0.4) is 0 Å². The summed E-state index contributed by atoms with van der Waals surface area (Å²) in [5.41, 5.74) is 1.41. The van der Waals surface area contributed by atoms with E-state index in [2.05, 4.69) is 45.0 Å². The maximum Gasteiger partial charge on any atom is 0.356 e. The second-order valence-corrected chi connectivity index (χ2v) is 6.47. The van der Waals surface area contributed by atoms with Gasteiger partial charge in [-0.3, -0.25) is 0 Å². The van der Waals surface area contributed by atoms with Gasteiger partial charge in [0.05, 0.1) is 0 Å². The molecule has 0 aromatic heterocycles. The maximum atomic E-state index is 5.98. The maximum absolute atomic E-state index is 5.98. The molecule has 0 aliphatic rings. The summed E-state index contributed by atoms with van der Waals surface area (Å²) in [6, 6.07) is 8.61. The molecule has 0 fully saturated rings. The number of aryl methyl sites for hydroxylation is 1. The Morgan fingerprint density at radius 3 is 2.06 bits per heavy atom. The third kappa shape index (κ3) is 4.92. The van der Waals surface area contributed by atoms with Crippen molar-refractivity contribution in [3.05, 3.63) is 29.8 Å². The van der Waals surface area contributed by atoms with Crippen LogP contribution in [0.4, 0.5) is 0 Å². The molecule has 0 saturated heterocycles.